The van der Waals surface area contributed by atoms with Crippen molar-refractivity contribution in [1.82, 2.24) is 0 Å². The Kier molecular flexibility index (Phi) is 4.12. The van der Waals surface area contributed by atoms with E-state index in [-0.39, 0.29) is 5.97 Å². The third kappa shape index (κ3) is 2.54. The van der Waals surface area contributed by atoms with E-state index in [4.69, 9.17) is 4.74 Å². The van der Waals surface area contributed by atoms with Crippen LogP contribution in [0.25, 0.3) is 0 Å². The van der Waals surface area contributed by atoms with Gasteiger partial charge in [-0.3, -0.25) is 0 Å². The molecule has 4 aliphatic rings. The minimum Gasteiger partial charge on any atom is -0.462 e. The van der Waals surface area contributed by atoms with Gasteiger partial charge in [0.05, 0.1) is 18.2 Å². The number of allylic oxidation sites excluding steroid dienone is 4. The maximum Gasteiger partial charge on any atom is 0.338 e. The van der Waals surface area contributed by atoms with Crippen molar-refractivity contribution in [2.45, 2.75) is 37.6 Å². The van der Waals surface area contributed by atoms with E-state index in [1.807, 2.05) is 6.92 Å². The molecule has 3 heteroatoms. The maximum absolute atomic E-state index is 12.7. The molecule has 0 amide bonds. The fraction of sp³-hybridized carbons (Fsp3) is 0.370. The summed E-state index contributed by atoms with van der Waals surface area (Å²) in [4.78, 5) is 15.4. The average molecular weight is 398 g/mol. The molecule has 0 N–H and O–H groups in total. The predicted octanol–water partition coefficient (Wildman–Crippen LogP) is 5.76. The van der Waals surface area contributed by atoms with Gasteiger partial charge in [0, 0.05) is 24.1 Å². The van der Waals surface area contributed by atoms with Gasteiger partial charge in [-0.25, -0.2) is 4.79 Å². The third-order valence-electron chi connectivity index (χ3n) is 7.50. The standard InChI is InChI=1S/C27H27NO2/c1-2-30-27(29)19-14-23-20-11-6-10-18(20)16-28-25(17-8-4-3-5-9-17)22-13-7-12-21(22)24(15-19)26(23)28/h3-9,11-12,14-15,18,20-22,25H,2,10,13,16H2,1H3/t18-,20-,21+,22-,25+/m1/s1. The Labute approximate surface area is 178 Å². The van der Waals surface area contributed by atoms with Gasteiger partial charge in [0.2, 0.25) is 0 Å². The topological polar surface area (TPSA) is 29.5 Å². The summed E-state index contributed by atoms with van der Waals surface area (Å²) in [7, 11) is 0. The van der Waals surface area contributed by atoms with Gasteiger partial charge in [0.25, 0.3) is 0 Å². The van der Waals surface area contributed by atoms with Crippen molar-refractivity contribution in [2.75, 3.05) is 18.1 Å². The number of hydrogen-bond donors (Lipinski definition) is 0. The summed E-state index contributed by atoms with van der Waals surface area (Å²) < 4.78 is 5.39. The van der Waals surface area contributed by atoms with Crippen molar-refractivity contribution in [3.05, 3.63) is 89.0 Å². The number of hydrogen-bond acceptors (Lipinski definition) is 3. The Morgan fingerprint density at radius 3 is 2.57 bits per heavy atom. The minimum atomic E-state index is -0.198. The number of carbonyl (C=O) groups is 1. The van der Waals surface area contributed by atoms with Crippen LogP contribution in [-0.4, -0.2) is 19.1 Å². The van der Waals surface area contributed by atoms with E-state index in [1.54, 1.807) is 0 Å². The summed E-state index contributed by atoms with van der Waals surface area (Å²) in [5.41, 5.74) is 6.13. The molecule has 0 fully saturated rings. The second kappa shape index (κ2) is 6.87. The van der Waals surface area contributed by atoms with Crippen LogP contribution in [0.15, 0.2) is 66.8 Å². The minimum absolute atomic E-state index is 0.198. The molecule has 152 valence electrons. The van der Waals surface area contributed by atoms with Gasteiger partial charge in [0.1, 0.15) is 0 Å². The smallest absolute Gasteiger partial charge is 0.338 e. The molecule has 6 rings (SSSR count). The summed E-state index contributed by atoms with van der Waals surface area (Å²) in [5.74, 6) is 1.66. The van der Waals surface area contributed by atoms with Crippen LogP contribution in [-0.2, 0) is 4.74 Å². The molecule has 0 radical (unpaired) electrons. The highest BCUT2D eigenvalue weighted by Crippen LogP contribution is 2.58. The number of esters is 1. The van der Waals surface area contributed by atoms with Gasteiger partial charge in [-0.05, 0) is 60.4 Å². The molecule has 0 spiro atoms. The highest BCUT2D eigenvalue weighted by molar-refractivity contribution is 5.92. The van der Waals surface area contributed by atoms with E-state index in [9.17, 15) is 4.79 Å². The molecule has 2 aliphatic heterocycles. The van der Waals surface area contributed by atoms with Gasteiger partial charge in [-0.1, -0.05) is 54.6 Å². The zero-order valence-electron chi connectivity index (χ0n) is 17.3. The normalized spacial score (nSPS) is 30.0. The van der Waals surface area contributed by atoms with Crippen molar-refractivity contribution >= 4 is 11.7 Å². The van der Waals surface area contributed by atoms with Crippen LogP contribution < -0.4 is 4.90 Å². The summed E-state index contributed by atoms with van der Waals surface area (Å²) >= 11 is 0. The molecule has 0 aromatic heterocycles. The second-order valence-corrected chi connectivity index (χ2v) is 9.03. The quantitative estimate of drug-likeness (QED) is 0.487. The zero-order valence-corrected chi connectivity index (χ0v) is 17.3. The summed E-state index contributed by atoms with van der Waals surface area (Å²) in [6.07, 6.45) is 11.6. The second-order valence-electron chi connectivity index (χ2n) is 9.03. The third-order valence-corrected chi connectivity index (χ3v) is 7.50. The number of nitrogens with zero attached hydrogens (tertiary/aromatic N) is 1. The van der Waals surface area contributed by atoms with Crippen molar-refractivity contribution < 1.29 is 9.53 Å². The molecule has 0 saturated heterocycles. The molecular formula is C27H27NO2. The summed E-state index contributed by atoms with van der Waals surface area (Å²) in [5, 5.41) is 0. The Balaban J connectivity index is 1.57. The number of benzene rings is 2. The largest absolute Gasteiger partial charge is 0.462 e. The molecule has 3 nitrogen and oxygen atoms in total. The maximum atomic E-state index is 12.7. The summed E-state index contributed by atoms with van der Waals surface area (Å²) in [6.45, 7) is 3.36. The molecule has 0 unspecified atom stereocenters. The number of fused-ring (bicyclic) bond motifs is 4. The molecule has 2 aromatic carbocycles. The average Bonchev–Trinajstić information content (AvgIpc) is 3.44. The van der Waals surface area contributed by atoms with E-state index >= 15 is 0 Å². The SMILES string of the molecule is CCOC(=O)c1cc2c3c(c1)[C@@H]1C=CC[C@@H]1CN3[C@@H](c1ccccc1)[C@@H]1CC=C[C@H]21. The van der Waals surface area contributed by atoms with Crippen molar-refractivity contribution in [3.8, 4) is 0 Å². The van der Waals surface area contributed by atoms with Gasteiger partial charge < -0.3 is 9.64 Å². The Hall–Kier alpha value is -2.81. The van der Waals surface area contributed by atoms with Crippen LogP contribution in [0.4, 0.5) is 5.69 Å². The lowest BCUT2D eigenvalue weighted by Gasteiger charge is -2.51. The summed E-state index contributed by atoms with van der Waals surface area (Å²) in [6, 6.07) is 15.6. The molecule has 5 atom stereocenters. The van der Waals surface area contributed by atoms with Crippen LogP contribution >= 0.6 is 0 Å². The molecule has 2 heterocycles. The van der Waals surface area contributed by atoms with Gasteiger partial charge in [-0.2, -0.15) is 0 Å². The van der Waals surface area contributed by atoms with E-state index < -0.39 is 0 Å². The predicted molar refractivity (Wildman–Crippen MR) is 119 cm³/mol. The first-order valence-corrected chi connectivity index (χ1v) is 11.3. The Bertz CT molecular complexity index is 1040. The number of rotatable bonds is 3. The number of anilines is 1. The fourth-order valence-corrected chi connectivity index (χ4v) is 6.34. The molecule has 0 saturated carbocycles. The van der Waals surface area contributed by atoms with E-state index in [0.717, 1.165) is 19.4 Å². The molecule has 2 aliphatic carbocycles. The lowest BCUT2D eigenvalue weighted by Crippen LogP contribution is -2.46. The van der Waals surface area contributed by atoms with Gasteiger partial charge >= 0.3 is 5.97 Å². The molecule has 2 aromatic rings. The monoisotopic (exact) mass is 397 g/mol. The number of ether oxygens (including phenoxy) is 1. The zero-order chi connectivity index (χ0) is 20.2. The van der Waals surface area contributed by atoms with Crippen LogP contribution in [0.2, 0.25) is 0 Å². The Morgan fingerprint density at radius 2 is 1.77 bits per heavy atom. The fourth-order valence-electron chi connectivity index (χ4n) is 6.34. The lowest BCUT2D eigenvalue weighted by molar-refractivity contribution is 0.0526. The molecular weight excluding hydrogens is 370 g/mol. The van der Waals surface area contributed by atoms with Crippen molar-refractivity contribution in [1.29, 1.82) is 0 Å². The molecule has 30 heavy (non-hydrogen) atoms. The highest BCUT2D eigenvalue weighted by atomic mass is 16.5. The number of carbonyl (C=O) groups excluding carboxylic acids is 1. The molecule has 0 bridgehead atoms. The first-order chi connectivity index (χ1) is 14.8. The van der Waals surface area contributed by atoms with Crippen LogP contribution in [0.5, 0.6) is 0 Å². The van der Waals surface area contributed by atoms with Crippen LogP contribution in [0, 0.1) is 11.8 Å². The highest BCUT2D eigenvalue weighted by Gasteiger charge is 2.48. The van der Waals surface area contributed by atoms with Gasteiger partial charge in [0.15, 0.2) is 0 Å². The van der Waals surface area contributed by atoms with Crippen molar-refractivity contribution in [2.24, 2.45) is 11.8 Å². The first-order valence-electron chi connectivity index (χ1n) is 11.3. The van der Waals surface area contributed by atoms with E-state index in [1.165, 1.54) is 22.4 Å². The lowest BCUT2D eigenvalue weighted by atomic mass is 9.70. The van der Waals surface area contributed by atoms with Crippen LogP contribution in [0.1, 0.15) is 64.7 Å². The van der Waals surface area contributed by atoms with E-state index in [0.29, 0.717) is 41.9 Å². The van der Waals surface area contributed by atoms with Gasteiger partial charge in [-0.15, -0.1) is 0 Å². The Morgan fingerprint density at radius 1 is 1.03 bits per heavy atom. The van der Waals surface area contributed by atoms with Crippen LogP contribution in [0.3, 0.4) is 0 Å². The van der Waals surface area contributed by atoms with Crippen molar-refractivity contribution in [3.63, 3.8) is 0 Å². The van der Waals surface area contributed by atoms with E-state index in [2.05, 4.69) is 71.7 Å². The first kappa shape index (κ1) is 18.0.